The van der Waals surface area contributed by atoms with Crippen LogP contribution in [0.5, 0.6) is 0 Å². The van der Waals surface area contributed by atoms with Crippen molar-refractivity contribution in [1.82, 2.24) is 0 Å². The lowest BCUT2D eigenvalue weighted by Crippen LogP contribution is -2.28. The van der Waals surface area contributed by atoms with Gasteiger partial charge < -0.3 is 4.90 Å². The molecule has 0 fully saturated rings. The van der Waals surface area contributed by atoms with E-state index in [1.54, 1.807) is 60.5 Å². The maximum absolute atomic E-state index is 12.9. The van der Waals surface area contributed by atoms with E-state index in [1.807, 2.05) is 32.0 Å². The summed E-state index contributed by atoms with van der Waals surface area (Å²) in [6, 6.07) is 19.0. The number of amides is 1. The van der Waals surface area contributed by atoms with E-state index in [0.717, 1.165) is 21.3 Å². The smallest absolute Gasteiger partial charge is 0.264 e. The summed E-state index contributed by atoms with van der Waals surface area (Å²) >= 11 is 3.43. The number of nitrogens with zero attached hydrogens (tertiary/aromatic N) is 2. The summed E-state index contributed by atoms with van der Waals surface area (Å²) in [6.07, 6.45) is 0. The monoisotopic (exact) mass is 486 g/mol. The first-order valence-corrected chi connectivity index (χ1v) is 11.5. The first-order chi connectivity index (χ1) is 14.1. The van der Waals surface area contributed by atoms with E-state index in [1.165, 1.54) is 11.4 Å². The molecule has 156 valence electrons. The van der Waals surface area contributed by atoms with E-state index in [-0.39, 0.29) is 10.8 Å². The highest BCUT2D eigenvalue weighted by Crippen LogP contribution is 2.26. The highest BCUT2D eigenvalue weighted by molar-refractivity contribution is 9.10. The molecule has 7 heteroatoms. The largest absolute Gasteiger partial charge is 0.311 e. The molecule has 1 amide bonds. The standard InChI is InChI=1S/C23H23BrN2O3S/c1-16-5-12-21(13-6-16)30(28,29)26(4)20-10-7-18(8-11-20)23(27)25(3)22-14-9-19(24)15-17(22)2/h5-15H,1-4H3. The molecule has 5 nitrogen and oxygen atoms in total. The quantitative estimate of drug-likeness (QED) is 0.499. The molecule has 0 atom stereocenters. The van der Waals surface area contributed by atoms with Crippen LogP contribution in [0.25, 0.3) is 0 Å². The fraction of sp³-hybridized carbons (Fsp3) is 0.174. The molecule has 0 heterocycles. The molecule has 0 saturated heterocycles. The second kappa shape index (κ2) is 8.62. The van der Waals surface area contributed by atoms with Gasteiger partial charge in [0.1, 0.15) is 0 Å². The number of carbonyl (C=O) groups is 1. The number of hydrogen-bond acceptors (Lipinski definition) is 3. The van der Waals surface area contributed by atoms with Gasteiger partial charge in [0.15, 0.2) is 0 Å². The van der Waals surface area contributed by atoms with E-state index < -0.39 is 10.0 Å². The molecule has 30 heavy (non-hydrogen) atoms. The van der Waals surface area contributed by atoms with Gasteiger partial charge in [0.05, 0.1) is 10.6 Å². The van der Waals surface area contributed by atoms with Gasteiger partial charge in [-0.25, -0.2) is 8.42 Å². The topological polar surface area (TPSA) is 57.7 Å². The van der Waals surface area contributed by atoms with E-state index in [4.69, 9.17) is 0 Å². The molecule has 0 aliphatic carbocycles. The Morgan fingerprint density at radius 1 is 0.867 bits per heavy atom. The van der Waals surface area contributed by atoms with E-state index in [2.05, 4.69) is 15.9 Å². The van der Waals surface area contributed by atoms with Crippen molar-refractivity contribution in [2.24, 2.45) is 0 Å². The molecular formula is C23H23BrN2O3S. The van der Waals surface area contributed by atoms with Crippen molar-refractivity contribution >= 4 is 43.2 Å². The van der Waals surface area contributed by atoms with Gasteiger partial charge in [0.25, 0.3) is 15.9 Å². The highest BCUT2D eigenvalue weighted by atomic mass is 79.9. The highest BCUT2D eigenvalue weighted by Gasteiger charge is 2.22. The molecule has 0 bridgehead atoms. The van der Waals surface area contributed by atoms with Crippen LogP contribution in [0.15, 0.2) is 76.1 Å². The summed E-state index contributed by atoms with van der Waals surface area (Å²) in [7, 11) is -0.451. The Bertz CT molecular complexity index is 1170. The van der Waals surface area contributed by atoms with Crippen molar-refractivity contribution in [2.75, 3.05) is 23.3 Å². The molecule has 0 N–H and O–H groups in total. The van der Waals surface area contributed by atoms with Crippen molar-refractivity contribution in [2.45, 2.75) is 18.7 Å². The molecule has 3 aromatic rings. The zero-order chi connectivity index (χ0) is 22.1. The fourth-order valence-electron chi connectivity index (χ4n) is 3.12. The van der Waals surface area contributed by atoms with Crippen LogP contribution >= 0.6 is 15.9 Å². The third-order valence-electron chi connectivity index (χ3n) is 4.98. The first kappa shape index (κ1) is 22.1. The fourth-order valence-corrected chi connectivity index (χ4v) is 4.79. The number of halogens is 1. The summed E-state index contributed by atoms with van der Waals surface area (Å²) in [6.45, 7) is 3.85. The molecule has 3 rings (SSSR count). The van der Waals surface area contributed by atoms with Crippen molar-refractivity contribution < 1.29 is 13.2 Å². The predicted octanol–water partition coefficient (Wildman–Crippen LogP) is 5.17. The lowest BCUT2D eigenvalue weighted by molar-refractivity contribution is 0.0993. The minimum Gasteiger partial charge on any atom is -0.311 e. The Morgan fingerprint density at radius 3 is 2.03 bits per heavy atom. The van der Waals surface area contributed by atoms with Crippen molar-refractivity contribution in [3.63, 3.8) is 0 Å². The molecule has 0 aliphatic rings. The predicted molar refractivity (Wildman–Crippen MR) is 125 cm³/mol. The van der Waals surface area contributed by atoms with E-state index in [0.29, 0.717) is 11.3 Å². The van der Waals surface area contributed by atoms with Crippen LogP contribution in [0.4, 0.5) is 11.4 Å². The molecule has 0 saturated carbocycles. The molecule has 0 spiro atoms. The summed E-state index contributed by atoms with van der Waals surface area (Å²) < 4.78 is 27.9. The Balaban J connectivity index is 1.83. The van der Waals surface area contributed by atoms with Crippen LogP contribution in [-0.4, -0.2) is 28.4 Å². The molecule has 0 aromatic heterocycles. The molecule has 0 unspecified atom stereocenters. The van der Waals surface area contributed by atoms with Crippen LogP contribution in [-0.2, 0) is 10.0 Å². The third kappa shape index (κ3) is 4.42. The van der Waals surface area contributed by atoms with Gasteiger partial charge >= 0.3 is 0 Å². The Labute approximate surface area is 186 Å². The SMILES string of the molecule is Cc1ccc(S(=O)(=O)N(C)c2ccc(C(=O)N(C)c3ccc(Br)cc3C)cc2)cc1. The maximum Gasteiger partial charge on any atom is 0.264 e. The van der Waals surface area contributed by atoms with Gasteiger partial charge in [0.2, 0.25) is 0 Å². The summed E-state index contributed by atoms with van der Waals surface area (Å²) in [4.78, 5) is 14.7. The van der Waals surface area contributed by atoms with Gasteiger partial charge in [-0.05, 0) is 74.0 Å². The summed E-state index contributed by atoms with van der Waals surface area (Å²) in [5, 5.41) is 0. The lowest BCUT2D eigenvalue weighted by atomic mass is 10.1. The second-order valence-electron chi connectivity index (χ2n) is 7.13. The van der Waals surface area contributed by atoms with E-state index >= 15 is 0 Å². The average Bonchev–Trinajstić information content (AvgIpc) is 2.72. The second-order valence-corrected chi connectivity index (χ2v) is 10.0. The number of aryl methyl sites for hydroxylation is 2. The minimum atomic E-state index is -3.68. The zero-order valence-corrected chi connectivity index (χ0v) is 19.7. The maximum atomic E-state index is 12.9. The Kier molecular flexibility index (Phi) is 6.33. The van der Waals surface area contributed by atoms with Gasteiger partial charge in [-0.3, -0.25) is 9.10 Å². The molecular weight excluding hydrogens is 464 g/mol. The Hall–Kier alpha value is -2.64. The molecule has 0 radical (unpaired) electrons. The van der Waals surface area contributed by atoms with E-state index in [9.17, 15) is 13.2 Å². The van der Waals surface area contributed by atoms with Crippen molar-refractivity contribution in [1.29, 1.82) is 0 Å². The number of hydrogen-bond donors (Lipinski definition) is 0. The number of sulfonamides is 1. The van der Waals surface area contributed by atoms with Gasteiger partial charge in [-0.15, -0.1) is 0 Å². The van der Waals surface area contributed by atoms with Crippen LogP contribution in [0.1, 0.15) is 21.5 Å². The molecule has 3 aromatic carbocycles. The van der Waals surface area contributed by atoms with Gasteiger partial charge in [0, 0.05) is 29.8 Å². The van der Waals surface area contributed by atoms with Crippen LogP contribution in [0.3, 0.4) is 0 Å². The Morgan fingerprint density at radius 2 is 1.47 bits per heavy atom. The third-order valence-corrected chi connectivity index (χ3v) is 7.28. The van der Waals surface area contributed by atoms with Crippen molar-refractivity contribution in [3.05, 3.63) is 87.9 Å². The first-order valence-electron chi connectivity index (χ1n) is 9.31. The van der Waals surface area contributed by atoms with Crippen LogP contribution in [0.2, 0.25) is 0 Å². The minimum absolute atomic E-state index is 0.170. The number of carbonyl (C=O) groups excluding carboxylic acids is 1. The lowest BCUT2D eigenvalue weighted by Gasteiger charge is -2.22. The summed E-state index contributed by atoms with van der Waals surface area (Å²) in [5.74, 6) is -0.170. The molecule has 0 aliphatic heterocycles. The average molecular weight is 487 g/mol. The van der Waals surface area contributed by atoms with Crippen molar-refractivity contribution in [3.8, 4) is 0 Å². The van der Waals surface area contributed by atoms with Gasteiger partial charge in [-0.2, -0.15) is 0 Å². The van der Waals surface area contributed by atoms with Crippen LogP contribution in [0, 0.1) is 13.8 Å². The normalized spacial score (nSPS) is 11.2. The van der Waals surface area contributed by atoms with Gasteiger partial charge in [-0.1, -0.05) is 33.6 Å². The summed E-state index contributed by atoms with van der Waals surface area (Å²) in [5.41, 5.74) is 3.73. The number of benzene rings is 3. The number of rotatable bonds is 5. The number of anilines is 2. The zero-order valence-electron chi connectivity index (χ0n) is 17.3. The van der Waals surface area contributed by atoms with Crippen LogP contribution < -0.4 is 9.21 Å².